The Bertz CT molecular complexity index is 768. The minimum Gasteiger partial charge on any atom is -0.496 e. The fourth-order valence-corrected chi connectivity index (χ4v) is 2.18. The van der Waals surface area contributed by atoms with Gasteiger partial charge in [-0.1, -0.05) is 6.07 Å². The number of nitrogens with zero attached hydrogens (tertiary/aromatic N) is 1. The Balaban J connectivity index is 2.60. The van der Waals surface area contributed by atoms with E-state index >= 15 is 0 Å². The van der Waals surface area contributed by atoms with Crippen molar-refractivity contribution in [3.63, 3.8) is 0 Å². The standard InChI is InChI=1S/C13H12N2O2/c1-15-7-6-8-11-9(14-12(8)13(15)16)4-3-5-10(11)17-2/h3-7,14H,1-2H3. The normalized spacial score (nSPS) is 11.2. The van der Waals surface area contributed by atoms with E-state index in [1.165, 1.54) is 0 Å². The number of aryl methyl sites for hydroxylation is 1. The molecule has 4 heteroatoms. The zero-order valence-electron chi connectivity index (χ0n) is 9.65. The third kappa shape index (κ3) is 1.27. The number of hydrogen-bond donors (Lipinski definition) is 1. The molecule has 0 unspecified atom stereocenters. The SMILES string of the molecule is COc1cccc2[nH]c3c(=O)n(C)ccc3c12. The van der Waals surface area contributed by atoms with E-state index in [-0.39, 0.29) is 5.56 Å². The van der Waals surface area contributed by atoms with Gasteiger partial charge < -0.3 is 14.3 Å². The fraction of sp³-hybridized carbons (Fsp3) is 0.154. The van der Waals surface area contributed by atoms with Crippen LogP contribution in [0.5, 0.6) is 5.75 Å². The first kappa shape index (κ1) is 9.96. The van der Waals surface area contributed by atoms with Gasteiger partial charge in [0.2, 0.25) is 0 Å². The molecule has 2 heterocycles. The second kappa shape index (κ2) is 3.38. The van der Waals surface area contributed by atoms with Crippen molar-refractivity contribution in [2.45, 2.75) is 0 Å². The van der Waals surface area contributed by atoms with Gasteiger partial charge in [-0.3, -0.25) is 4.79 Å². The van der Waals surface area contributed by atoms with Crippen molar-refractivity contribution >= 4 is 21.8 Å². The van der Waals surface area contributed by atoms with E-state index in [4.69, 9.17) is 4.74 Å². The first-order chi connectivity index (χ1) is 8.22. The van der Waals surface area contributed by atoms with Gasteiger partial charge in [-0.25, -0.2) is 0 Å². The topological polar surface area (TPSA) is 47.0 Å². The number of ether oxygens (including phenoxy) is 1. The van der Waals surface area contributed by atoms with Crippen molar-refractivity contribution in [1.82, 2.24) is 9.55 Å². The van der Waals surface area contributed by atoms with Crippen LogP contribution in [0, 0.1) is 0 Å². The Labute approximate surface area is 97.4 Å². The Morgan fingerprint density at radius 3 is 2.88 bits per heavy atom. The highest BCUT2D eigenvalue weighted by Crippen LogP contribution is 2.31. The number of pyridine rings is 1. The summed E-state index contributed by atoms with van der Waals surface area (Å²) in [6.07, 6.45) is 1.77. The average molecular weight is 228 g/mol. The van der Waals surface area contributed by atoms with Crippen LogP contribution in [0.1, 0.15) is 0 Å². The molecular formula is C13H12N2O2. The highest BCUT2D eigenvalue weighted by molar-refractivity contribution is 6.10. The summed E-state index contributed by atoms with van der Waals surface area (Å²) < 4.78 is 6.89. The number of nitrogens with one attached hydrogen (secondary N) is 1. The molecule has 17 heavy (non-hydrogen) atoms. The minimum atomic E-state index is -0.0271. The molecule has 0 bridgehead atoms. The predicted octanol–water partition coefficient (Wildman–Crippen LogP) is 2.03. The maximum Gasteiger partial charge on any atom is 0.274 e. The lowest BCUT2D eigenvalue weighted by molar-refractivity contribution is 0.420. The van der Waals surface area contributed by atoms with Gasteiger partial charge >= 0.3 is 0 Å². The number of hydrogen-bond acceptors (Lipinski definition) is 2. The van der Waals surface area contributed by atoms with Crippen LogP contribution >= 0.6 is 0 Å². The van der Waals surface area contributed by atoms with Crippen LogP contribution in [-0.2, 0) is 7.05 Å². The third-order valence-electron chi connectivity index (χ3n) is 3.04. The molecule has 0 radical (unpaired) electrons. The van der Waals surface area contributed by atoms with Crippen LogP contribution in [0.25, 0.3) is 21.8 Å². The third-order valence-corrected chi connectivity index (χ3v) is 3.04. The molecule has 0 aliphatic carbocycles. The minimum absolute atomic E-state index is 0.0271. The molecule has 1 N–H and O–H groups in total. The van der Waals surface area contributed by atoms with E-state index in [9.17, 15) is 4.79 Å². The van der Waals surface area contributed by atoms with E-state index in [2.05, 4.69) is 4.98 Å². The van der Waals surface area contributed by atoms with E-state index in [1.54, 1.807) is 24.9 Å². The summed E-state index contributed by atoms with van der Waals surface area (Å²) in [5.74, 6) is 0.780. The molecule has 86 valence electrons. The lowest BCUT2D eigenvalue weighted by Gasteiger charge is -2.01. The summed E-state index contributed by atoms with van der Waals surface area (Å²) >= 11 is 0. The summed E-state index contributed by atoms with van der Waals surface area (Å²) in [5, 5.41) is 1.86. The lowest BCUT2D eigenvalue weighted by Crippen LogP contribution is -2.15. The Morgan fingerprint density at radius 2 is 2.12 bits per heavy atom. The Hall–Kier alpha value is -2.23. The number of rotatable bonds is 1. The second-order valence-electron chi connectivity index (χ2n) is 4.03. The monoisotopic (exact) mass is 228 g/mol. The summed E-state index contributed by atoms with van der Waals surface area (Å²) in [5.41, 5.74) is 1.51. The van der Waals surface area contributed by atoms with E-state index in [0.29, 0.717) is 5.52 Å². The molecule has 0 fully saturated rings. The van der Waals surface area contributed by atoms with Crippen molar-refractivity contribution < 1.29 is 4.74 Å². The van der Waals surface area contributed by atoms with Crippen molar-refractivity contribution in [2.75, 3.05) is 7.11 Å². The van der Waals surface area contributed by atoms with Crippen LogP contribution in [0.2, 0.25) is 0 Å². The van der Waals surface area contributed by atoms with Crippen molar-refractivity contribution in [1.29, 1.82) is 0 Å². The molecule has 2 aromatic heterocycles. The molecule has 0 aliphatic rings. The van der Waals surface area contributed by atoms with Gasteiger partial charge in [0.25, 0.3) is 5.56 Å². The van der Waals surface area contributed by atoms with E-state index in [1.807, 2.05) is 24.3 Å². The molecule has 3 aromatic rings. The average Bonchev–Trinajstić information content (AvgIpc) is 2.73. The quantitative estimate of drug-likeness (QED) is 0.692. The molecule has 0 saturated carbocycles. The molecule has 4 nitrogen and oxygen atoms in total. The van der Waals surface area contributed by atoms with Crippen LogP contribution in [0.4, 0.5) is 0 Å². The number of aromatic amines is 1. The number of methoxy groups -OCH3 is 1. The van der Waals surface area contributed by atoms with Gasteiger partial charge in [0.05, 0.1) is 12.6 Å². The molecular weight excluding hydrogens is 216 g/mol. The van der Waals surface area contributed by atoms with E-state index in [0.717, 1.165) is 22.0 Å². The van der Waals surface area contributed by atoms with Crippen LogP contribution < -0.4 is 10.3 Å². The fourth-order valence-electron chi connectivity index (χ4n) is 2.18. The summed E-state index contributed by atoms with van der Waals surface area (Å²) in [7, 11) is 3.37. The van der Waals surface area contributed by atoms with Crippen molar-refractivity contribution in [3.05, 3.63) is 40.8 Å². The zero-order chi connectivity index (χ0) is 12.0. The van der Waals surface area contributed by atoms with Gasteiger partial charge in [-0.15, -0.1) is 0 Å². The number of fused-ring (bicyclic) bond motifs is 3. The van der Waals surface area contributed by atoms with Gasteiger partial charge in [-0.2, -0.15) is 0 Å². The lowest BCUT2D eigenvalue weighted by atomic mass is 10.1. The number of benzene rings is 1. The van der Waals surface area contributed by atoms with Crippen molar-refractivity contribution in [3.8, 4) is 5.75 Å². The molecule has 1 aromatic carbocycles. The molecule has 0 saturated heterocycles. The Kier molecular flexibility index (Phi) is 1.98. The maximum atomic E-state index is 12.0. The molecule has 0 amide bonds. The molecule has 0 aliphatic heterocycles. The molecule has 0 spiro atoms. The summed E-state index contributed by atoms with van der Waals surface area (Å²) in [6.45, 7) is 0. The van der Waals surface area contributed by atoms with Gasteiger partial charge in [0.1, 0.15) is 11.3 Å². The maximum absolute atomic E-state index is 12.0. The number of H-pyrrole nitrogens is 1. The highest BCUT2D eigenvalue weighted by Gasteiger charge is 2.11. The first-order valence-corrected chi connectivity index (χ1v) is 5.36. The predicted molar refractivity (Wildman–Crippen MR) is 67.6 cm³/mol. The van der Waals surface area contributed by atoms with Gasteiger partial charge in [-0.05, 0) is 18.2 Å². The van der Waals surface area contributed by atoms with Gasteiger partial charge in [0.15, 0.2) is 0 Å². The Morgan fingerprint density at radius 1 is 1.29 bits per heavy atom. The largest absolute Gasteiger partial charge is 0.496 e. The molecule has 3 rings (SSSR count). The highest BCUT2D eigenvalue weighted by atomic mass is 16.5. The zero-order valence-corrected chi connectivity index (χ0v) is 9.65. The summed E-state index contributed by atoms with van der Waals surface area (Å²) in [6, 6.07) is 7.67. The van der Waals surface area contributed by atoms with Gasteiger partial charge in [0, 0.05) is 24.0 Å². The smallest absolute Gasteiger partial charge is 0.274 e. The summed E-state index contributed by atoms with van der Waals surface area (Å²) in [4.78, 5) is 15.1. The number of aromatic nitrogens is 2. The van der Waals surface area contributed by atoms with Crippen LogP contribution in [0.3, 0.4) is 0 Å². The second-order valence-corrected chi connectivity index (χ2v) is 4.03. The van der Waals surface area contributed by atoms with Crippen LogP contribution in [0.15, 0.2) is 35.3 Å². The first-order valence-electron chi connectivity index (χ1n) is 5.36. The van der Waals surface area contributed by atoms with Crippen LogP contribution in [-0.4, -0.2) is 16.7 Å². The van der Waals surface area contributed by atoms with Crippen molar-refractivity contribution in [2.24, 2.45) is 7.05 Å². The molecule has 0 atom stereocenters. The van der Waals surface area contributed by atoms with E-state index < -0.39 is 0 Å².